The summed E-state index contributed by atoms with van der Waals surface area (Å²) >= 11 is 0. The summed E-state index contributed by atoms with van der Waals surface area (Å²) in [5.41, 5.74) is 0.218. The third-order valence-electron chi connectivity index (χ3n) is 5.17. The van der Waals surface area contributed by atoms with E-state index >= 15 is 0 Å². The third-order valence-corrected chi connectivity index (χ3v) is 6.57. The van der Waals surface area contributed by atoms with Crippen molar-refractivity contribution < 1.29 is 18.3 Å². The summed E-state index contributed by atoms with van der Waals surface area (Å²) in [5.74, 6) is 0.0471. The van der Waals surface area contributed by atoms with Crippen molar-refractivity contribution in [2.75, 3.05) is 19.6 Å². The lowest BCUT2D eigenvalue weighted by Gasteiger charge is -2.45. The van der Waals surface area contributed by atoms with Gasteiger partial charge in [-0.3, -0.25) is 4.90 Å². The molecule has 1 aliphatic rings. The molecule has 1 aliphatic heterocycles. The SMILES string of the molecule is Cc1ccc(S(=O)(=O)NCC(C)(C)N2CC(C)CC(C)C2)cc1C(=O)O. The van der Waals surface area contributed by atoms with E-state index in [1.165, 1.54) is 24.6 Å². The van der Waals surface area contributed by atoms with Crippen molar-refractivity contribution >= 4 is 16.0 Å². The van der Waals surface area contributed by atoms with Crippen molar-refractivity contribution in [3.05, 3.63) is 29.3 Å². The van der Waals surface area contributed by atoms with E-state index in [0.29, 0.717) is 17.4 Å². The van der Waals surface area contributed by atoms with Crippen molar-refractivity contribution in [1.29, 1.82) is 0 Å². The minimum Gasteiger partial charge on any atom is -0.478 e. The lowest BCUT2D eigenvalue weighted by molar-refractivity contribution is 0.0489. The fourth-order valence-corrected chi connectivity index (χ4v) is 4.85. The van der Waals surface area contributed by atoms with Gasteiger partial charge in [0.25, 0.3) is 0 Å². The molecule has 0 amide bonds. The molecule has 1 aromatic carbocycles. The van der Waals surface area contributed by atoms with Gasteiger partial charge in [-0.25, -0.2) is 17.9 Å². The summed E-state index contributed by atoms with van der Waals surface area (Å²) in [6.07, 6.45) is 1.19. The van der Waals surface area contributed by atoms with Gasteiger partial charge in [-0.15, -0.1) is 0 Å². The van der Waals surface area contributed by atoms with Crippen LogP contribution in [0.25, 0.3) is 0 Å². The van der Waals surface area contributed by atoms with Crippen LogP contribution in [0.15, 0.2) is 23.1 Å². The maximum Gasteiger partial charge on any atom is 0.335 e. The van der Waals surface area contributed by atoms with Crippen molar-refractivity contribution in [3.63, 3.8) is 0 Å². The van der Waals surface area contributed by atoms with E-state index in [1.54, 1.807) is 6.92 Å². The Morgan fingerprint density at radius 1 is 1.27 bits per heavy atom. The second-order valence-electron chi connectivity index (χ2n) is 8.27. The lowest BCUT2D eigenvalue weighted by Crippen LogP contribution is -2.56. The Balaban J connectivity index is 2.14. The van der Waals surface area contributed by atoms with Crippen LogP contribution in [0.1, 0.15) is 50.0 Å². The highest BCUT2D eigenvalue weighted by molar-refractivity contribution is 7.89. The van der Waals surface area contributed by atoms with Crippen LogP contribution < -0.4 is 4.72 Å². The maximum atomic E-state index is 12.7. The molecule has 0 saturated carbocycles. The number of hydrogen-bond donors (Lipinski definition) is 2. The zero-order chi connectivity index (χ0) is 19.7. The molecule has 0 radical (unpaired) electrons. The van der Waals surface area contributed by atoms with E-state index in [9.17, 15) is 18.3 Å². The lowest BCUT2D eigenvalue weighted by atomic mass is 9.88. The molecule has 26 heavy (non-hydrogen) atoms. The number of aromatic carboxylic acids is 1. The maximum absolute atomic E-state index is 12.7. The molecule has 0 aliphatic carbocycles. The van der Waals surface area contributed by atoms with Crippen LogP contribution in [0, 0.1) is 18.8 Å². The number of piperidine rings is 1. The normalized spacial score (nSPS) is 22.3. The van der Waals surface area contributed by atoms with Gasteiger partial charge in [0.2, 0.25) is 10.0 Å². The van der Waals surface area contributed by atoms with Crippen LogP contribution in [0.5, 0.6) is 0 Å². The molecule has 7 heteroatoms. The third kappa shape index (κ3) is 4.84. The summed E-state index contributed by atoms with van der Waals surface area (Å²) in [6, 6.07) is 4.19. The second-order valence-corrected chi connectivity index (χ2v) is 10.0. The number of carbonyl (C=O) groups is 1. The molecule has 6 nitrogen and oxygen atoms in total. The van der Waals surface area contributed by atoms with E-state index in [-0.39, 0.29) is 22.5 Å². The fourth-order valence-electron chi connectivity index (χ4n) is 3.62. The smallest absolute Gasteiger partial charge is 0.335 e. The summed E-state index contributed by atoms with van der Waals surface area (Å²) in [7, 11) is -3.77. The van der Waals surface area contributed by atoms with Crippen molar-refractivity contribution in [2.45, 2.75) is 51.5 Å². The minimum atomic E-state index is -3.77. The van der Waals surface area contributed by atoms with Crippen LogP contribution in [0.3, 0.4) is 0 Å². The van der Waals surface area contributed by atoms with Crippen LogP contribution in [-0.4, -0.2) is 49.6 Å². The molecule has 2 atom stereocenters. The average molecular weight is 383 g/mol. The van der Waals surface area contributed by atoms with Crippen LogP contribution in [-0.2, 0) is 10.0 Å². The monoisotopic (exact) mass is 382 g/mol. The predicted octanol–water partition coefficient (Wildman–Crippen LogP) is 2.73. The highest BCUT2D eigenvalue weighted by Gasteiger charge is 2.33. The van der Waals surface area contributed by atoms with Gasteiger partial charge < -0.3 is 5.11 Å². The van der Waals surface area contributed by atoms with Gasteiger partial charge in [-0.2, -0.15) is 0 Å². The highest BCUT2D eigenvalue weighted by Crippen LogP contribution is 2.27. The largest absolute Gasteiger partial charge is 0.478 e. The first-order valence-corrected chi connectivity index (χ1v) is 10.5. The van der Waals surface area contributed by atoms with Crippen LogP contribution >= 0.6 is 0 Å². The van der Waals surface area contributed by atoms with Crippen LogP contribution in [0.2, 0.25) is 0 Å². The Morgan fingerprint density at radius 2 is 1.85 bits per heavy atom. The average Bonchev–Trinajstić information content (AvgIpc) is 2.52. The molecule has 0 spiro atoms. The number of carboxylic acids is 1. The molecule has 1 fully saturated rings. The number of carboxylic acid groups (broad SMARTS) is 1. The first kappa shape index (κ1) is 20.9. The number of aryl methyl sites for hydroxylation is 1. The zero-order valence-corrected chi connectivity index (χ0v) is 17.1. The van der Waals surface area contributed by atoms with E-state index in [1.807, 2.05) is 13.8 Å². The van der Waals surface area contributed by atoms with Crippen LogP contribution in [0.4, 0.5) is 0 Å². The van der Waals surface area contributed by atoms with Gasteiger partial charge in [0, 0.05) is 25.2 Å². The number of nitrogens with one attached hydrogen (secondary N) is 1. The Kier molecular flexibility index (Phi) is 6.15. The molecule has 2 rings (SSSR count). The summed E-state index contributed by atoms with van der Waals surface area (Å²) in [5, 5.41) is 9.21. The predicted molar refractivity (Wildman–Crippen MR) is 102 cm³/mol. The summed E-state index contributed by atoms with van der Waals surface area (Å²) in [4.78, 5) is 13.6. The Bertz CT molecular complexity index is 764. The first-order chi connectivity index (χ1) is 11.9. The van der Waals surface area contributed by atoms with Crippen molar-refractivity contribution in [2.24, 2.45) is 11.8 Å². The minimum absolute atomic E-state index is 0.00538. The van der Waals surface area contributed by atoms with E-state index in [4.69, 9.17) is 0 Å². The van der Waals surface area contributed by atoms with Gasteiger partial charge in [-0.05, 0) is 56.7 Å². The first-order valence-electron chi connectivity index (χ1n) is 9.01. The fraction of sp³-hybridized carbons (Fsp3) is 0.632. The molecule has 2 N–H and O–H groups in total. The second kappa shape index (κ2) is 7.66. The highest BCUT2D eigenvalue weighted by atomic mass is 32.2. The van der Waals surface area contributed by atoms with E-state index < -0.39 is 16.0 Å². The number of hydrogen-bond acceptors (Lipinski definition) is 4. The number of sulfonamides is 1. The molecule has 0 aromatic heterocycles. The Hall–Kier alpha value is -1.44. The van der Waals surface area contributed by atoms with Gasteiger partial charge in [-0.1, -0.05) is 19.9 Å². The molecular formula is C19H30N2O4S. The van der Waals surface area contributed by atoms with E-state index in [0.717, 1.165) is 13.1 Å². The molecule has 1 saturated heterocycles. The molecule has 2 unspecified atom stereocenters. The Labute approximate surface area is 156 Å². The van der Waals surface area contributed by atoms with Gasteiger partial charge in [0.1, 0.15) is 0 Å². The molecule has 0 bridgehead atoms. The van der Waals surface area contributed by atoms with Crippen molar-refractivity contribution in [1.82, 2.24) is 9.62 Å². The standard InChI is InChI=1S/C19H30N2O4S/c1-13-8-14(2)11-21(10-13)19(4,5)12-20-26(24,25)16-7-6-15(3)17(9-16)18(22)23/h6-7,9,13-14,20H,8,10-12H2,1-5H3,(H,22,23). The van der Waals surface area contributed by atoms with Crippen molar-refractivity contribution in [3.8, 4) is 0 Å². The Morgan fingerprint density at radius 3 is 2.38 bits per heavy atom. The van der Waals surface area contributed by atoms with Gasteiger partial charge in [0.05, 0.1) is 10.5 Å². The quantitative estimate of drug-likeness (QED) is 0.790. The summed E-state index contributed by atoms with van der Waals surface area (Å²) < 4.78 is 28.0. The topological polar surface area (TPSA) is 86.7 Å². The number of likely N-dealkylation sites (tertiary alicyclic amines) is 1. The van der Waals surface area contributed by atoms with Gasteiger partial charge >= 0.3 is 5.97 Å². The number of rotatable bonds is 6. The van der Waals surface area contributed by atoms with E-state index in [2.05, 4.69) is 23.5 Å². The number of nitrogens with zero attached hydrogens (tertiary/aromatic N) is 1. The van der Waals surface area contributed by atoms with Gasteiger partial charge in [0.15, 0.2) is 0 Å². The summed E-state index contributed by atoms with van der Waals surface area (Å²) in [6.45, 7) is 12.3. The zero-order valence-electron chi connectivity index (χ0n) is 16.2. The molecule has 1 heterocycles. The number of benzene rings is 1. The molecular weight excluding hydrogens is 352 g/mol. The molecule has 146 valence electrons. The molecule has 1 aromatic rings.